The first kappa shape index (κ1) is 22.8. The highest BCUT2D eigenvalue weighted by atomic mass is 32.2. The van der Waals surface area contributed by atoms with Gasteiger partial charge in [0, 0.05) is 0 Å². The molecule has 2 bridgehead atoms. The van der Waals surface area contributed by atoms with E-state index in [0.717, 1.165) is 44.9 Å². The Morgan fingerprint density at radius 1 is 1.18 bits per heavy atom. The van der Waals surface area contributed by atoms with Crippen molar-refractivity contribution >= 4 is 22.2 Å². The minimum atomic E-state index is -5.99. The van der Waals surface area contributed by atoms with Crippen molar-refractivity contribution in [1.29, 1.82) is 0 Å². The zero-order chi connectivity index (χ0) is 21.0. The van der Waals surface area contributed by atoms with Crippen LogP contribution >= 0.6 is 0 Å². The molecule has 2 N–H and O–H groups in total. The van der Waals surface area contributed by atoms with Crippen molar-refractivity contribution in [2.45, 2.75) is 62.2 Å². The first-order chi connectivity index (χ1) is 12.9. The number of carbonyl (C=O) groups is 2. The molecule has 0 amide bonds. The maximum absolute atomic E-state index is 12.9. The van der Waals surface area contributed by atoms with Crippen molar-refractivity contribution < 1.29 is 50.7 Å². The third-order valence-corrected chi connectivity index (χ3v) is 5.98. The van der Waals surface area contributed by atoms with Gasteiger partial charge in [0.15, 0.2) is 0 Å². The number of carbonyl (C=O) groups excluding carboxylic acids is 2. The summed E-state index contributed by atoms with van der Waals surface area (Å²) >= 11 is 0. The fourth-order valence-corrected chi connectivity index (χ4v) is 4.32. The number of rotatable bonds is 8. The Balaban J connectivity index is 1.60. The largest absolute Gasteiger partial charge is 0.511 e. The average Bonchev–Trinajstić information content (AvgIpc) is 2.56. The van der Waals surface area contributed by atoms with Gasteiger partial charge in [-0.25, -0.2) is 9.59 Å². The van der Waals surface area contributed by atoms with E-state index in [-0.39, 0.29) is 6.61 Å². The monoisotopic (exact) mass is 430 g/mol. The Hall–Kier alpha value is -1.53. The molecule has 2 fully saturated rings. The van der Waals surface area contributed by atoms with Crippen molar-refractivity contribution in [2.75, 3.05) is 13.4 Å². The van der Waals surface area contributed by atoms with Gasteiger partial charge in [-0.15, -0.1) is 0 Å². The second-order valence-electron chi connectivity index (χ2n) is 7.42. The van der Waals surface area contributed by atoms with Gasteiger partial charge >= 0.3 is 27.5 Å². The van der Waals surface area contributed by atoms with Gasteiger partial charge in [0.2, 0.25) is 6.79 Å². The summed E-state index contributed by atoms with van der Waals surface area (Å²) in [5, 5.41) is 5.35. The molecule has 2 aliphatic rings. The minimum absolute atomic E-state index is 0.00639. The van der Waals surface area contributed by atoms with Crippen molar-refractivity contribution in [3.8, 4) is 0 Å². The summed E-state index contributed by atoms with van der Waals surface area (Å²) in [6, 6.07) is 0. The smallest absolute Gasteiger partial charge is 0.434 e. The van der Waals surface area contributed by atoms with Crippen LogP contribution in [-0.2, 0) is 29.1 Å². The van der Waals surface area contributed by atoms with Crippen LogP contribution in [0.4, 0.5) is 13.6 Å². The predicted molar refractivity (Wildman–Crippen MR) is 88.8 cm³/mol. The molecule has 2 aliphatic carbocycles. The molecular formula is C16H24F2O9S. The van der Waals surface area contributed by atoms with Crippen LogP contribution in [0.25, 0.3) is 0 Å². The highest BCUT2D eigenvalue weighted by molar-refractivity contribution is 7.87. The molecule has 0 aliphatic heterocycles. The molecule has 0 aromatic heterocycles. The molecule has 162 valence electrons. The molecule has 0 spiro atoms. The van der Waals surface area contributed by atoms with Crippen molar-refractivity contribution in [3.63, 3.8) is 0 Å². The van der Waals surface area contributed by atoms with Gasteiger partial charge in [-0.2, -0.15) is 17.2 Å². The van der Waals surface area contributed by atoms with Gasteiger partial charge in [-0.05, 0) is 50.4 Å². The van der Waals surface area contributed by atoms with Gasteiger partial charge in [-0.1, -0.05) is 12.8 Å². The summed E-state index contributed by atoms with van der Waals surface area (Å²) in [6.07, 6.45) is 5.59. The Morgan fingerprint density at radius 3 is 2.54 bits per heavy atom. The molecule has 0 aromatic carbocycles. The maximum Gasteiger partial charge on any atom is 0.511 e. The van der Waals surface area contributed by atoms with Crippen LogP contribution in [0, 0.1) is 11.8 Å². The lowest BCUT2D eigenvalue weighted by Crippen LogP contribution is -2.42. The number of esters is 1. The zero-order valence-corrected chi connectivity index (χ0v) is 16.0. The Morgan fingerprint density at radius 2 is 1.89 bits per heavy atom. The second-order valence-corrected chi connectivity index (χ2v) is 8.88. The van der Waals surface area contributed by atoms with Gasteiger partial charge in [0.05, 0.1) is 12.2 Å². The lowest BCUT2D eigenvalue weighted by Gasteiger charge is -2.45. The molecule has 0 radical (unpaired) electrons. The van der Waals surface area contributed by atoms with Gasteiger partial charge in [0.25, 0.3) is 0 Å². The molecule has 3 atom stereocenters. The molecule has 12 heteroatoms. The molecule has 28 heavy (non-hydrogen) atoms. The predicted octanol–water partition coefficient (Wildman–Crippen LogP) is 2.23. The maximum atomic E-state index is 12.9. The summed E-state index contributed by atoms with van der Waals surface area (Å²) in [4.78, 5) is 22.2. The van der Waals surface area contributed by atoms with Gasteiger partial charge in [-0.3, -0.25) is 4.55 Å². The Labute approximate surface area is 161 Å². The van der Waals surface area contributed by atoms with Crippen LogP contribution < -0.4 is 0 Å². The molecule has 9 nitrogen and oxygen atoms in total. The number of fused-ring (bicyclic) bond motifs is 2. The summed E-state index contributed by atoms with van der Waals surface area (Å²) in [5.41, 5.74) is -0.584. The summed E-state index contributed by atoms with van der Waals surface area (Å²) in [7, 11) is -5.99. The quantitative estimate of drug-likeness (QED) is 0.257. The standard InChI is InChI=1S/C16H24F2O9S/c17-16(18,28(22,23)24)13(19)26-10-27-14(20)25-6-2-4-12-7-11-3-1-5-15(21,8-11)9-12/h11-12,21H,1-10H2,(H,22,23,24). The van der Waals surface area contributed by atoms with Crippen LogP contribution in [0.5, 0.6) is 0 Å². The number of ether oxygens (including phenoxy) is 3. The van der Waals surface area contributed by atoms with E-state index >= 15 is 0 Å². The van der Waals surface area contributed by atoms with Gasteiger partial charge in [0.1, 0.15) is 0 Å². The van der Waals surface area contributed by atoms with Crippen LogP contribution in [0.1, 0.15) is 51.4 Å². The molecule has 2 rings (SSSR count). The third-order valence-electron chi connectivity index (χ3n) is 5.16. The highest BCUT2D eigenvalue weighted by Gasteiger charge is 2.54. The summed E-state index contributed by atoms with van der Waals surface area (Å²) < 4.78 is 67.4. The van der Waals surface area contributed by atoms with Crippen LogP contribution in [0.3, 0.4) is 0 Å². The van der Waals surface area contributed by atoms with E-state index in [1.165, 1.54) is 0 Å². The van der Waals surface area contributed by atoms with Gasteiger partial charge < -0.3 is 19.3 Å². The van der Waals surface area contributed by atoms with Crippen LogP contribution in [0.15, 0.2) is 0 Å². The first-order valence-corrected chi connectivity index (χ1v) is 10.4. The van der Waals surface area contributed by atoms with E-state index in [9.17, 15) is 31.9 Å². The van der Waals surface area contributed by atoms with E-state index in [4.69, 9.17) is 9.29 Å². The Bertz CT molecular complexity index is 682. The van der Waals surface area contributed by atoms with Crippen LogP contribution in [0.2, 0.25) is 0 Å². The molecule has 0 saturated heterocycles. The first-order valence-electron chi connectivity index (χ1n) is 8.97. The topological polar surface area (TPSA) is 136 Å². The number of halogens is 2. The van der Waals surface area contributed by atoms with Crippen LogP contribution in [-0.4, -0.2) is 54.5 Å². The SMILES string of the molecule is O=C(OCCCC1CC2CCCC(O)(C1)C2)OCOC(=O)C(F)(F)S(=O)(=O)O. The van der Waals surface area contributed by atoms with Crippen molar-refractivity contribution in [2.24, 2.45) is 11.8 Å². The molecule has 0 aromatic rings. The average molecular weight is 430 g/mol. The fourth-order valence-electron chi connectivity index (χ4n) is 4.05. The van der Waals surface area contributed by atoms with E-state index in [0.29, 0.717) is 18.3 Å². The van der Waals surface area contributed by atoms with E-state index in [2.05, 4.69) is 9.47 Å². The molecule has 2 saturated carbocycles. The highest BCUT2D eigenvalue weighted by Crippen LogP contribution is 2.46. The number of aliphatic hydroxyl groups is 1. The zero-order valence-electron chi connectivity index (χ0n) is 15.1. The lowest BCUT2D eigenvalue weighted by atomic mass is 9.64. The van der Waals surface area contributed by atoms with E-state index < -0.39 is 39.9 Å². The fraction of sp³-hybridized carbons (Fsp3) is 0.875. The summed E-state index contributed by atoms with van der Waals surface area (Å²) in [5.74, 6) is -1.71. The third kappa shape index (κ3) is 5.98. The second kappa shape index (κ2) is 8.87. The minimum Gasteiger partial charge on any atom is -0.434 e. The van der Waals surface area contributed by atoms with Crippen molar-refractivity contribution in [3.05, 3.63) is 0 Å². The van der Waals surface area contributed by atoms with Crippen molar-refractivity contribution in [1.82, 2.24) is 0 Å². The van der Waals surface area contributed by atoms with E-state index in [1.807, 2.05) is 0 Å². The normalized spacial score (nSPS) is 27.7. The number of hydrogen-bond acceptors (Lipinski definition) is 8. The molecule has 3 unspecified atom stereocenters. The Kier molecular flexibility index (Phi) is 7.21. The lowest BCUT2D eigenvalue weighted by molar-refractivity contribution is -0.171. The van der Waals surface area contributed by atoms with E-state index in [1.54, 1.807) is 0 Å². The summed E-state index contributed by atoms with van der Waals surface area (Å²) in [6.45, 7) is -1.30. The molecule has 0 heterocycles. The molecular weight excluding hydrogens is 406 g/mol. The number of alkyl halides is 2. The number of hydrogen-bond donors (Lipinski definition) is 2.